The highest BCUT2D eigenvalue weighted by atomic mass is 19.1. The number of nitrogens with zero attached hydrogens (tertiary/aromatic N) is 1. The maximum Gasteiger partial charge on any atom is 0.191 e. The van der Waals surface area contributed by atoms with Crippen molar-refractivity contribution in [3.05, 3.63) is 48.1 Å². The van der Waals surface area contributed by atoms with Gasteiger partial charge in [0.2, 0.25) is 0 Å². The minimum Gasteiger partial charge on any atom is -0.357 e. The van der Waals surface area contributed by atoms with Crippen LogP contribution in [0.3, 0.4) is 0 Å². The Labute approximate surface area is 117 Å². The second kappa shape index (κ2) is 6.50. The van der Waals surface area contributed by atoms with Crippen LogP contribution in [0, 0.1) is 11.6 Å². The lowest BCUT2D eigenvalue weighted by molar-refractivity contribution is 0.553. The van der Waals surface area contributed by atoms with Crippen molar-refractivity contribution < 1.29 is 8.78 Å². The first kappa shape index (κ1) is 14.5. The SMILES string of the molecule is C=CCN=C(NCC)NC1CC1c1c(F)cccc1F. The van der Waals surface area contributed by atoms with Crippen LogP contribution in [0.15, 0.2) is 35.8 Å². The second-order valence-corrected chi connectivity index (χ2v) is 4.74. The molecule has 0 amide bonds. The van der Waals surface area contributed by atoms with E-state index in [1.54, 1.807) is 6.08 Å². The van der Waals surface area contributed by atoms with Gasteiger partial charge in [-0.1, -0.05) is 12.1 Å². The Kier molecular flexibility index (Phi) is 4.71. The Morgan fingerprint density at radius 3 is 2.75 bits per heavy atom. The summed E-state index contributed by atoms with van der Waals surface area (Å²) in [6.45, 7) is 6.81. The molecule has 0 heterocycles. The van der Waals surface area contributed by atoms with Crippen molar-refractivity contribution in [2.75, 3.05) is 13.1 Å². The zero-order valence-corrected chi connectivity index (χ0v) is 11.5. The van der Waals surface area contributed by atoms with Crippen molar-refractivity contribution in [3.8, 4) is 0 Å². The lowest BCUT2D eigenvalue weighted by Crippen LogP contribution is -2.39. The maximum atomic E-state index is 13.7. The van der Waals surface area contributed by atoms with Crippen LogP contribution in [0.25, 0.3) is 0 Å². The van der Waals surface area contributed by atoms with E-state index >= 15 is 0 Å². The monoisotopic (exact) mass is 279 g/mol. The number of guanidine groups is 1. The Balaban J connectivity index is 2.02. The van der Waals surface area contributed by atoms with Gasteiger partial charge in [-0.05, 0) is 25.5 Å². The largest absolute Gasteiger partial charge is 0.357 e. The standard InChI is InChI=1S/C15H19F2N3/c1-3-8-19-15(18-4-2)20-13-9-10(13)14-11(16)6-5-7-12(14)17/h3,5-7,10,13H,1,4,8-9H2,2H3,(H2,18,19,20). The second-order valence-electron chi connectivity index (χ2n) is 4.74. The van der Waals surface area contributed by atoms with Crippen LogP contribution in [-0.2, 0) is 0 Å². The molecule has 1 saturated carbocycles. The summed E-state index contributed by atoms with van der Waals surface area (Å²) in [5, 5.41) is 6.28. The third-order valence-corrected chi connectivity index (χ3v) is 3.21. The van der Waals surface area contributed by atoms with Gasteiger partial charge in [0.05, 0.1) is 6.54 Å². The number of halogens is 2. The predicted molar refractivity (Wildman–Crippen MR) is 76.8 cm³/mol. The van der Waals surface area contributed by atoms with Crippen molar-refractivity contribution >= 4 is 5.96 Å². The van der Waals surface area contributed by atoms with E-state index in [-0.39, 0.29) is 17.5 Å². The van der Waals surface area contributed by atoms with Crippen molar-refractivity contribution in [3.63, 3.8) is 0 Å². The third kappa shape index (κ3) is 3.35. The minimum absolute atomic E-state index is 0.0176. The summed E-state index contributed by atoms with van der Waals surface area (Å²) in [6.07, 6.45) is 2.40. The van der Waals surface area contributed by atoms with Gasteiger partial charge in [-0.15, -0.1) is 6.58 Å². The molecular weight excluding hydrogens is 260 g/mol. The number of rotatable bonds is 5. The summed E-state index contributed by atoms with van der Waals surface area (Å²) in [5.74, 6) is -0.444. The van der Waals surface area contributed by atoms with Crippen LogP contribution in [0.1, 0.15) is 24.8 Å². The number of hydrogen-bond donors (Lipinski definition) is 2. The number of hydrogen-bond acceptors (Lipinski definition) is 1. The van der Waals surface area contributed by atoms with Crippen molar-refractivity contribution in [2.24, 2.45) is 4.99 Å². The molecule has 5 heteroatoms. The third-order valence-electron chi connectivity index (χ3n) is 3.21. The molecule has 3 nitrogen and oxygen atoms in total. The number of benzene rings is 1. The van der Waals surface area contributed by atoms with Gasteiger partial charge in [0.15, 0.2) is 5.96 Å². The van der Waals surface area contributed by atoms with E-state index in [9.17, 15) is 8.78 Å². The first-order chi connectivity index (χ1) is 9.67. The van der Waals surface area contributed by atoms with Gasteiger partial charge in [0.25, 0.3) is 0 Å². The van der Waals surface area contributed by atoms with Crippen molar-refractivity contribution in [2.45, 2.75) is 25.3 Å². The van der Waals surface area contributed by atoms with Gasteiger partial charge in [0, 0.05) is 24.1 Å². The summed E-state index contributed by atoms with van der Waals surface area (Å²) in [7, 11) is 0. The highest BCUT2D eigenvalue weighted by Gasteiger charge is 2.42. The molecule has 0 aliphatic heterocycles. The van der Waals surface area contributed by atoms with Crippen molar-refractivity contribution in [1.29, 1.82) is 0 Å². The maximum absolute atomic E-state index is 13.7. The van der Waals surface area contributed by atoms with Crippen LogP contribution in [0.5, 0.6) is 0 Å². The Hall–Kier alpha value is -1.91. The molecule has 2 unspecified atom stereocenters. The Bertz CT molecular complexity index is 494. The summed E-state index contributed by atoms with van der Waals surface area (Å²) >= 11 is 0. The predicted octanol–water partition coefficient (Wildman–Crippen LogP) is 2.56. The molecule has 2 rings (SSSR count). The average molecular weight is 279 g/mol. The highest BCUT2D eigenvalue weighted by molar-refractivity contribution is 5.80. The minimum atomic E-state index is -0.479. The summed E-state index contributed by atoms with van der Waals surface area (Å²) in [5.41, 5.74) is 0.171. The molecule has 1 fully saturated rings. The van der Waals surface area contributed by atoms with Gasteiger partial charge < -0.3 is 10.6 Å². The van der Waals surface area contributed by atoms with Gasteiger partial charge in [-0.3, -0.25) is 0 Å². The zero-order valence-electron chi connectivity index (χ0n) is 11.5. The van der Waals surface area contributed by atoms with E-state index in [0.29, 0.717) is 18.9 Å². The fraction of sp³-hybridized carbons (Fsp3) is 0.400. The molecule has 1 aliphatic carbocycles. The van der Waals surface area contributed by atoms with Gasteiger partial charge in [-0.2, -0.15) is 0 Å². The molecule has 20 heavy (non-hydrogen) atoms. The van der Waals surface area contributed by atoms with Crippen molar-refractivity contribution in [1.82, 2.24) is 10.6 Å². The molecular formula is C15H19F2N3. The van der Waals surface area contributed by atoms with Crippen LogP contribution >= 0.6 is 0 Å². The molecule has 2 N–H and O–H groups in total. The number of aliphatic imine (C=N–C) groups is 1. The first-order valence-electron chi connectivity index (χ1n) is 6.77. The Morgan fingerprint density at radius 1 is 1.45 bits per heavy atom. The van der Waals surface area contributed by atoms with E-state index in [1.807, 2.05) is 6.92 Å². The fourth-order valence-electron chi connectivity index (χ4n) is 2.19. The van der Waals surface area contributed by atoms with E-state index in [4.69, 9.17) is 0 Å². The Morgan fingerprint density at radius 2 is 2.15 bits per heavy atom. The quantitative estimate of drug-likeness (QED) is 0.494. The summed E-state index contributed by atoms with van der Waals surface area (Å²) in [6, 6.07) is 3.99. The topological polar surface area (TPSA) is 36.4 Å². The molecule has 0 saturated heterocycles. The van der Waals surface area contributed by atoms with Crippen LogP contribution < -0.4 is 10.6 Å². The smallest absolute Gasteiger partial charge is 0.191 e. The first-order valence-corrected chi connectivity index (χ1v) is 6.77. The summed E-state index contributed by atoms with van der Waals surface area (Å²) in [4.78, 5) is 4.27. The van der Waals surface area contributed by atoms with E-state index in [1.165, 1.54) is 18.2 Å². The average Bonchev–Trinajstić information content (AvgIpc) is 3.15. The molecule has 1 aromatic carbocycles. The molecule has 0 radical (unpaired) electrons. The van der Waals surface area contributed by atoms with Crippen LogP contribution in [0.2, 0.25) is 0 Å². The molecule has 2 atom stereocenters. The molecule has 1 aromatic rings. The zero-order chi connectivity index (χ0) is 14.5. The normalized spacial score (nSPS) is 21.4. The molecule has 1 aliphatic rings. The molecule has 0 aromatic heterocycles. The fourth-order valence-corrected chi connectivity index (χ4v) is 2.19. The molecule has 108 valence electrons. The van der Waals surface area contributed by atoms with Gasteiger partial charge in [-0.25, -0.2) is 13.8 Å². The van der Waals surface area contributed by atoms with Crippen LogP contribution in [0.4, 0.5) is 8.78 Å². The lowest BCUT2D eigenvalue weighted by Gasteiger charge is -2.11. The van der Waals surface area contributed by atoms with Crippen LogP contribution in [-0.4, -0.2) is 25.1 Å². The molecule has 0 spiro atoms. The lowest BCUT2D eigenvalue weighted by atomic mass is 10.1. The summed E-state index contributed by atoms with van der Waals surface area (Å²) < 4.78 is 27.4. The van der Waals surface area contributed by atoms with Gasteiger partial charge in [0.1, 0.15) is 11.6 Å². The molecule has 0 bridgehead atoms. The van der Waals surface area contributed by atoms with E-state index in [0.717, 1.165) is 6.54 Å². The van der Waals surface area contributed by atoms with E-state index < -0.39 is 11.6 Å². The van der Waals surface area contributed by atoms with E-state index in [2.05, 4.69) is 22.2 Å². The van der Waals surface area contributed by atoms with Gasteiger partial charge >= 0.3 is 0 Å². The number of nitrogens with one attached hydrogen (secondary N) is 2. The highest BCUT2D eigenvalue weighted by Crippen LogP contribution is 2.42.